The average molecular weight is 294 g/mol. The molecule has 5 N–H and O–H groups in total. The van der Waals surface area contributed by atoms with Crippen molar-refractivity contribution >= 4 is 11.9 Å². The summed E-state index contributed by atoms with van der Waals surface area (Å²) in [6.45, 7) is 0.752. The molecule has 21 heavy (non-hydrogen) atoms. The third kappa shape index (κ3) is 3.85. The molecule has 1 amide bonds. The Bertz CT molecular complexity index is 540. The molecule has 2 rings (SSSR count). The number of amides is 1. The van der Waals surface area contributed by atoms with Crippen LogP contribution in [0.3, 0.4) is 0 Å². The van der Waals surface area contributed by atoms with Crippen molar-refractivity contribution in [2.75, 3.05) is 6.54 Å². The molecule has 114 valence electrons. The molecule has 1 aromatic carbocycles. The lowest BCUT2D eigenvalue weighted by atomic mass is 10.0. The maximum absolute atomic E-state index is 11.9. The highest BCUT2D eigenvalue weighted by molar-refractivity contribution is 5.87. The van der Waals surface area contributed by atoms with Gasteiger partial charge in [0.2, 0.25) is 5.91 Å². The summed E-state index contributed by atoms with van der Waals surface area (Å²) in [5, 5.41) is 33.3. The predicted octanol–water partition coefficient (Wildman–Crippen LogP) is -0.0383. The summed E-state index contributed by atoms with van der Waals surface area (Å²) in [5.74, 6) is -2.07. The molecular weight excluding hydrogens is 276 g/mol. The molecule has 7 heteroatoms. The zero-order valence-electron chi connectivity index (χ0n) is 11.4. The minimum absolute atomic E-state index is 0.0294. The van der Waals surface area contributed by atoms with Gasteiger partial charge in [0.15, 0.2) is 11.5 Å². The lowest BCUT2D eigenvalue weighted by molar-refractivity contribution is -0.142. The van der Waals surface area contributed by atoms with E-state index in [2.05, 4.69) is 10.6 Å². The number of aromatic hydroxyl groups is 2. The van der Waals surface area contributed by atoms with Crippen molar-refractivity contribution in [3.63, 3.8) is 0 Å². The van der Waals surface area contributed by atoms with Gasteiger partial charge in [0.1, 0.15) is 6.04 Å². The smallest absolute Gasteiger partial charge is 0.326 e. The second-order valence-corrected chi connectivity index (χ2v) is 5.08. The Labute approximate surface area is 121 Å². The molecule has 0 bridgehead atoms. The summed E-state index contributed by atoms with van der Waals surface area (Å²) in [6.07, 6.45) is 1.61. The zero-order chi connectivity index (χ0) is 15.4. The minimum atomic E-state index is -1.14. The summed E-state index contributed by atoms with van der Waals surface area (Å²) < 4.78 is 0. The molecule has 0 aromatic heterocycles. The summed E-state index contributed by atoms with van der Waals surface area (Å²) in [4.78, 5) is 23.2. The topological polar surface area (TPSA) is 119 Å². The molecule has 1 heterocycles. The van der Waals surface area contributed by atoms with E-state index < -0.39 is 12.0 Å². The van der Waals surface area contributed by atoms with E-state index in [9.17, 15) is 24.9 Å². The number of carbonyl (C=O) groups excluding carboxylic acids is 1. The van der Waals surface area contributed by atoms with E-state index in [0.717, 1.165) is 13.0 Å². The molecule has 0 radical (unpaired) electrons. The highest BCUT2D eigenvalue weighted by atomic mass is 16.4. The van der Waals surface area contributed by atoms with E-state index in [0.29, 0.717) is 12.0 Å². The lowest BCUT2D eigenvalue weighted by Gasteiger charge is -2.17. The number of carboxylic acids is 1. The van der Waals surface area contributed by atoms with Crippen LogP contribution >= 0.6 is 0 Å². The Hall–Kier alpha value is -2.28. The van der Waals surface area contributed by atoms with Crippen molar-refractivity contribution in [3.05, 3.63) is 23.8 Å². The molecule has 1 aliphatic rings. The number of hydrogen-bond acceptors (Lipinski definition) is 5. The van der Waals surface area contributed by atoms with Crippen molar-refractivity contribution in [3.8, 4) is 11.5 Å². The molecule has 0 spiro atoms. The van der Waals surface area contributed by atoms with E-state index in [-0.39, 0.29) is 29.9 Å². The summed E-state index contributed by atoms with van der Waals surface area (Å²) in [7, 11) is 0. The highest BCUT2D eigenvalue weighted by Gasteiger charge is 2.27. The maximum atomic E-state index is 11.9. The van der Waals surface area contributed by atoms with Gasteiger partial charge >= 0.3 is 5.97 Å². The first kappa shape index (κ1) is 15.1. The molecule has 7 nitrogen and oxygen atoms in total. The SMILES string of the molecule is O=C(O)C(Cc1ccc(O)c(O)c1)NC(=O)[C@@H]1CCCN1. The van der Waals surface area contributed by atoms with Crippen LogP contribution in [0.15, 0.2) is 18.2 Å². The Kier molecular flexibility index (Phi) is 4.64. The molecule has 1 saturated heterocycles. The lowest BCUT2D eigenvalue weighted by Crippen LogP contribution is -2.49. The number of rotatable bonds is 5. The first-order valence-corrected chi connectivity index (χ1v) is 6.75. The summed E-state index contributed by atoms with van der Waals surface area (Å²) >= 11 is 0. The number of carboxylic acid groups (broad SMARTS) is 1. The first-order chi connectivity index (χ1) is 9.97. The van der Waals surface area contributed by atoms with E-state index in [1.54, 1.807) is 0 Å². The zero-order valence-corrected chi connectivity index (χ0v) is 11.4. The average Bonchev–Trinajstić information content (AvgIpc) is 2.96. The van der Waals surface area contributed by atoms with Gasteiger partial charge < -0.3 is 26.0 Å². The van der Waals surface area contributed by atoms with E-state index in [1.807, 2.05) is 0 Å². The first-order valence-electron chi connectivity index (χ1n) is 6.75. The van der Waals surface area contributed by atoms with Crippen LogP contribution in [0, 0.1) is 0 Å². The Morgan fingerprint density at radius 1 is 1.33 bits per heavy atom. The van der Waals surface area contributed by atoms with Gasteiger partial charge in [-0.25, -0.2) is 4.79 Å². The van der Waals surface area contributed by atoms with Gasteiger partial charge in [0.05, 0.1) is 6.04 Å². The number of hydrogen-bond donors (Lipinski definition) is 5. The number of phenolic OH excluding ortho intramolecular Hbond substituents is 2. The molecule has 0 saturated carbocycles. The molecule has 1 aromatic rings. The van der Waals surface area contributed by atoms with Crippen LogP contribution in [0.2, 0.25) is 0 Å². The van der Waals surface area contributed by atoms with Gasteiger partial charge in [-0.05, 0) is 37.1 Å². The Balaban J connectivity index is 2.03. The number of aliphatic carboxylic acids is 1. The van der Waals surface area contributed by atoms with Gasteiger partial charge in [-0.1, -0.05) is 6.07 Å². The van der Waals surface area contributed by atoms with E-state index in [4.69, 9.17) is 0 Å². The quantitative estimate of drug-likeness (QED) is 0.486. The maximum Gasteiger partial charge on any atom is 0.326 e. The van der Waals surface area contributed by atoms with Gasteiger partial charge in [0.25, 0.3) is 0 Å². The highest BCUT2D eigenvalue weighted by Crippen LogP contribution is 2.25. The van der Waals surface area contributed by atoms with Crippen molar-refractivity contribution in [1.29, 1.82) is 0 Å². The largest absolute Gasteiger partial charge is 0.504 e. The second kappa shape index (κ2) is 6.45. The predicted molar refractivity (Wildman–Crippen MR) is 74.1 cm³/mol. The van der Waals surface area contributed by atoms with Crippen molar-refractivity contribution in [2.45, 2.75) is 31.3 Å². The minimum Gasteiger partial charge on any atom is -0.504 e. The molecule has 1 fully saturated rings. The Morgan fingerprint density at radius 3 is 2.67 bits per heavy atom. The van der Waals surface area contributed by atoms with Crippen molar-refractivity contribution in [2.24, 2.45) is 0 Å². The summed E-state index contributed by atoms with van der Waals surface area (Å²) in [6, 6.07) is 2.64. The van der Waals surface area contributed by atoms with Crippen LogP contribution in [0.1, 0.15) is 18.4 Å². The number of carbonyl (C=O) groups is 2. The van der Waals surface area contributed by atoms with E-state index >= 15 is 0 Å². The van der Waals surface area contributed by atoms with Crippen LogP contribution in [0.5, 0.6) is 11.5 Å². The van der Waals surface area contributed by atoms with Crippen LogP contribution in [0.4, 0.5) is 0 Å². The third-order valence-corrected chi connectivity index (χ3v) is 3.47. The van der Waals surface area contributed by atoms with Crippen LogP contribution in [-0.2, 0) is 16.0 Å². The fourth-order valence-electron chi connectivity index (χ4n) is 2.31. The van der Waals surface area contributed by atoms with Crippen molar-refractivity contribution < 1.29 is 24.9 Å². The van der Waals surface area contributed by atoms with Gasteiger partial charge in [-0.15, -0.1) is 0 Å². The number of benzene rings is 1. The molecule has 0 aliphatic carbocycles. The fraction of sp³-hybridized carbons (Fsp3) is 0.429. The molecule has 1 aliphatic heterocycles. The summed E-state index contributed by atoms with van der Waals surface area (Å²) in [5.41, 5.74) is 0.511. The fourth-order valence-corrected chi connectivity index (χ4v) is 2.31. The van der Waals surface area contributed by atoms with Crippen LogP contribution < -0.4 is 10.6 Å². The third-order valence-electron chi connectivity index (χ3n) is 3.47. The van der Waals surface area contributed by atoms with Gasteiger partial charge in [0, 0.05) is 6.42 Å². The molecule has 2 atom stereocenters. The number of nitrogens with one attached hydrogen (secondary N) is 2. The van der Waals surface area contributed by atoms with E-state index in [1.165, 1.54) is 18.2 Å². The van der Waals surface area contributed by atoms with Crippen molar-refractivity contribution in [1.82, 2.24) is 10.6 Å². The Morgan fingerprint density at radius 2 is 2.10 bits per heavy atom. The normalized spacial score (nSPS) is 19.1. The van der Waals surface area contributed by atoms with Crippen LogP contribution in [0.25, 0.3) is 0 Å². The molecular formula is C14H18N2O5. The monoisotopic (exact) mass is 294 g/mol. The second-order valence-electron chi connectivity index (χ2n) is 5.08. The molecule has 1 unspecified atom stereocenters. The number of phenols is 2. The van der Waals surface area contributed by atoms with Gasteiger partial charge in [-0.3, -0.25) is 4.79 Å². The van der Waals surface area contributed by atoms with Gasteiger partial charge in [-0.2, -0.15) is 0 Å². The standard InChI is InChI=1S/C14H18N2O5/c17-11-4-3-8(7-12(11)18)6-10(14(20)21)16-13(19)9-2-1-5-15-9/h3-4,7,9-10,15,17-18H,1-2,5-6H2,(H,16,19)(H,20,21)/t9-,10?/m0/s1. The van der Waals surface area contributed by atoms with Crippen LogP contribution in [-0.4, -0.2) is 45.8 Å².